The molecule has 0 saturated heterocycles. The predicted molar refractivity (Wildman–Crippen MR) is 226 cm³/mol. The minimum absolute atomic E-state index is 0.00167. The van der Waals surface area contributed by atoms with E-state index >= 15 is 13.2 Å². The SMILES string of the molecule is CCCCCCC[N+](C(C)OCCC)(C(C)OCCC)C(C)(OCCC)c1c(OB(Oc2cc(C(F)(F)F)cc(C(F)(F)F)c2)Oc2cc(C(F)(F)F)cc(C(F)(F)F)c2)cc(C(F)(F)F)cc1C(F)(F)F. The van der Waals surface area contributed by atoms with Gasteiger partial charge in [-0.3, -0.25) is 0 Å². The zero-order valence-corrected chi connectivity index (χ0v) is 40.0. The normalized spacial score (nSPS) is 15.7. The number of nitrogens with zero attached hydrogens (tertiary/aromatic N) is 1. The summed E-state index contributed by atoms with van der Waals surface area (Å²) in [7, 11) is -3.42. The van der Waals surface area contributed by atoms with Gasteiger partial charge in [-0.2, -0.15) is 79.0 Å². The molecule has 3 aromatic rings. The fourth-order valence-electron chi connectivity index (χ4n) is 8.05. The number of ether oxygens (including phenoxy) is 3. The summed E-state index contributed by atoms with van der Waals surface area (Å²) in [5.74, 6) is -4.94. The van der Waals surface area contributed by atoms with E-state index in [0.717, 1.165) is 13.3 Å². The molecule has 0 aromatic heterocycles. The van der Waals surface area contributed by atoms with Crippen molar-refractivity contribution in [1.29, 1.82) is 0 Å². The van der Waals surface area contributed by atoms with Crippen LogP contribution in [0.5, 0.6) is 17.2 Å². The van der Waals surface area contributed by atoms with E-state index in [1.807, 2.05) is 6.92 Å². The molecule has 3 rings (SSSR count). The van der Waals surface area contributed by atoms with Crippen LogP contribution in [0.3, 0.4) is 0 Å². The lowest BCUT2D eigenvalue weighted by atomic mass is 9.89. The maximum absolute atomic E-state index is 15.9. The maximum atomic E-state index is 15.9. The van der Waals surface area contributed by atoms with E-state index in [2.05, 4.69) is 0 Å². The Balaban J connectivity index is 2.73. The van der Waals surface area contributed by atoms with Gasteiger partial charge in [0.2, 0.25) is 5.72 Å². The van der Waals surface area contributed by atoms with Crippen molar-refractivity contribution in [2.75, 3.05) is 26.4 Å². The van der Waals surface area contributed by atoms with Crippen molar-refractivity contribution in [1.82, 2.24) is 0 Å². The van der Waals surface area contributed by atoms with Crippen molar-refractivity contribution in [2.24, 2.45) is 0 Å². The van der Waals surface area contributed by atoms with Crippen LogP contribution in [0.15, 0.2) is 48.5 Å². The summed E-state index contributed by atoms with van der Waals surface area (Å²) in [5, 5.41) is 0. The molecule has 3 atom stereocenters. The smallest absolute Gasteiger partial charge is 0.490 e. The largest absolute Gasteiger partial charge is 0.864 e. The minimum atomic E-state index is -5.86. The molecule has 3 unspecified atom stereocenters. The number of quaternary nitrogens is 1. The van der Waals surface area contributed by atoms with Gasteiger partial charge in [0.15, 0.2) is 12.5 Å². The van der Waals surface area contributed by atoms with Crippen LogP contribution in [0.4, 0.5) is 79.0 Å². The molecule has 7 nitrogen and oxygen atoms in total. The molecule has 0 amide bonds. The third-order valence-corrected chi connectivity index (χ3v) is 11.4. The standard InChI is InChI=1S/C46H55BF18NO6/c1-8-12-13-14-15-16-66(28(5)67-17-9-2,29(6)68-18-10-3)40(7,69-19-11-4)39-37(46(63,64)65)26-34(45(60,61)62)27-38(39)72-47(70-35-22-30(41(48,49)50)20-31(23-35)42(51,52)53)71-36-24-32(43(54,55)56)21-33(25-36)44(57,58)59/h20-29H,8-19H2,1-7H3/q+1. The molecule has 72 heavy (non-hydrogen) atoms. The van der Waals surface area contributed by atoms with Gasteiger partial charge in [-0.15, -0.1) is 0 Å². The Morgan fingerprint density at radius 3 is 1.17 bits per heavy atom. The number of hydrogen-bond donors (Lipinski definition) is 0. The fraction of sp³-hybridized carbons (Fsp3) is 0.609. The monoisotopic (exact) mass is 1070 g/mol. The van der Waals surface area contributed by atoms with E-state index in [9.17, 15) is 65.9 Å². The van der Waals surface area contributed by atoms with Crippen molar-refractivity contribution in [3.63, 3.8) is 0 Å². The Labute approximate surface area is 404 Å². The molecule has 0 radical (unpaired) electrons. The Morgan fingerprint density at radius 1 is 0.444 bits per heavy atom. The van der Waals surface area contributed by atoms with Crippen LogP contribution in [0.25, 0.3) is 0 Å². The van der Waals surface area contributed by atoms with Crippen LogP contribution < -0.4 is 14.0 Å². The van der Waals surface area contributed by atoms with Crippen molar-refractivity contribution in [2.45, 2.75) is 155 Å². The lowest BCUT2D eigenvalue weighted by Gasteiger charge is -2.56. The minimum Gasteiger partial charge on any atom is -0.490 e. The summed E-state index contributed by atoms with van der Waals surface area (Å²) in [6, 6.07) is -1.98. The number of hydrogen-bond acceptors (Lipinski definition) is 6. The third-order valence-electron chi connectivity index (χ3n) is 11.4. The number of unbranched alkanes of at least 4 members (excludes halogenated alkanes) is 4. The summed E-state index contributed by atoms with van der Waals surface area (Å²) >= 11 is 0. The molecule has 0 bridgehead atoms. The highest BCUT2D eigenvalue weighted by molar-refractivity contribution is 6.39. The average Bonchev–Trinajstić information content (AvgIpc) is 3.25. The molecule has 3 aromatic carbocycles. The van der Waals surface area contributed by atoms with Gasteiger partial charge in [-0.25, -0.2) is 4.48 Å². The fourth-order valence-corrected chi connectivity index (χ4v) is 8.05. The third kappa shape index (κ3) is 15.9. The Hall–Kier alpha value is -4.30. The van der Waals surface area contributed by atoms with Gasteiger partial charge in [0.25, 0.3) is 0 Å². The summed E-state index contributed by atoms with van der Waals surface area (Å²) < 4.78 is 295. The Morgan fingerprint density at radius 2 is 0.819 bits per heavy atom. The number of alkyl halides is 18. The molecule has 26 heteroatoms. The van der Waals surface area contributed by atoms with Crippen molar-refractivity contribution in [3.8, 4) is 17.2 Å². The summed E-state index contributed by atoms with van der Waals surface area (Å²) in [6.07, 6.45) is -33.6. The van der Waals surface area contributed by atoms with Gasteiger partial charge >= 0.3 is 44.4 Å². The van der Waals surface area contributed by atoms with Crippen LogP contribution in [0.1, 0.15) is 139 Å². The van der Waals surface area contributed by atoms with Crippen LogP contribution in [0.2, 0.25) is 0 Å². The van der Waals surface area contributed by atoms with E-state index in [4.69, 9.17) is 28.2 Å². The highest BCUT2D eigenvalue weighted by Crippen LogP contribution is 2.53. The molecule has 0 fully saturated rings. The van der Waals surface area contributed by atoms with Gasteiger partial charge in [-0.1, -0.05) is 47.0 Å². The molecule has 0 spiro atoms. The first-order valence-electron chi connectivity index (χ1n) is 22.7. The molecular formula is C46H55BF18NO6+. The molecule has 0 N–H and O–H groups in total. The molecule has 408 valence electrons. The number of rotatable bonds is 25. The topological polar surface area (TPSA) is 55.4 Å². The summed E-state index contributed by atoms with van der Waals surface area (Å²) in [4.78, 5) is 0. The zero-order valence-electron chi connectivity index (χ0n) is 40.0. The second kappa shape index (κ2) is 24.4. The highest BCUT2D eigenvalue weighted by Gasteiger charge is 2.62. The van der Waals surface area contributed by atoms with Crippen molar-refractivity contribution >= 4 is 7.32 Å². The van der Waals surface area contributed by atoms with E-state index in [-0.39, 0.29) is 69.0 Å². The van der Waals surface area contributed by atoms with Gasteiger partial charge in [0.1, 0.15) is 17.2 Å². The molecule has 0 heterocycles. The molecule has 0 aliphatic heterocycles. The first kappa shape index (κ1) is 62.0. The Bertz CT molecular complexity index is 2040. The quantitative estimate of drug-likeness (QED) is 0.0277. The molecular weight excluding hydrogens is 1020 g/mol. The number of benzene rings is 3. The van der Waals surface area contributed by atoms with Crippen LogP contribution in [-0.4, -0.2) is 50.6 Å². The van der Waals surface area contributed by atoms with E-state index in [1.54, 1.807) is 13.8 Å². The van der Waals surface area contributed by atoms with E-state index in [0.29, 0.717) is 32.1 Å². The van der Waals surface area contributed by atoms with Crippen LogP contribution in [0, 0.1) is 0 Å². The van der Waals surface area contributed by atoms with E-state index in [1.165, 1.54) is 20.8 Å². The van der Waals surface area contributed by atoms with Crippen molar-refractivity contribution in [3.05, 3.63) is 87.5 Å². The van der Waals surface area contributed by atoms with Gasteiger partial charge in [0.05, 0.1) is 65.3 Å². The first-order valence-corrected chi connectivity index (χ1v) is 22.7. The van der Waals surface area contributed by atoms with Crippen LogP contribution in [-0.2, 0) is 57.0 Å². The van der Waals surface area contributed by atoms with Gasteiger partial charge in [-0.05, 0) is 80.6 Å². The maximum Gasteiger partial charge on any atom is 0.864 e. The first-order chi connectivity index (χ1) is 33.0. The molecule has 0 aliphatic rings. The predicted octanol–water partition coefficient (Wildman–Crippen LogP) is 16.3. The zero-order chi connectivity index (χ0) is 54.9. The lowest BCUT2D eigenvalue weighted by molar-refractivity contribution is -1.07. The average molecular weight is 1070 g/mol. The molecule has 0 saturated carbocycles. The second-order valence-electron chi connectivity index (χ2n) is 16.9. The highest BCUT2D eigenvalue weighted by atomic mass is 19.4. The lowest BCUT2D eigenvalue weighted by Crippen LogP contribution is -2.72. The van der Waals surface area contributed by atoms with Gasteiger partial charge < -0.3 is 28.2 Å². The molecule has 0 aliphatic carbocycles. The Kier molecular flexibility index (Phi) is 21.0. The van der Waals surface area contributed by atoms with Crippen LogP contribution >= 0.6 is 0 Å². The van der Waals surface area contributed by atoms with Crippen molar-refractivity contribution < 1.29 is 112 Å². The summed E-state index contributed by atoms with van der Waals surface area (Å²) in [6.45, 7) is 9.79. The van der Waals surface area contributed by atoms with E-state index < -0.39 is 142 Å². The van der Waals surface area contributed by atoms with Gasteiger partial charge in [0, 0.05) is 20.8 Å². The second-order valence-corrected chi connectivity index (χ2v) is 16.9. The number of halogens is 18. The summed E-state index contributed by atoms with van der Waals surface area (Å²) in [5.41, 5.74) is -17.0.